The second kappa shape index (κ2) is 14.2. The molecule has 0 aromatic heterocycles. The SMILES string of the molecule is c1cc(CN2CCCCC2)cc([S+](c2ccc(CN3CCCCC3)cc2)c2cccc(CN3CCCCC3)c2)c1. The number of hydrogen-bond donors (Lipinski definition) is 0. The molecule has 0 N–H and O–H groups in total. The van der Waals surface area contributed by atoms with Crippen LogP contribution in [0.15, 0.2) is 87.5 Å². The first-order valence-corrected chi connectivity index (χ1v) is 17.2. The Kier molecular flexibility index (Phi) is 9.94. The maximum absolute atomic E-state index is 2.65. The van der Waals surface area contributed by atoms with Gasteiger partial charge in [-0.3, -0.25) is 14.7 Å². The summed E-state index contributed by atoms with van der Waals surface area (Å²) in [6.45, 7) is 10.7. The van der Waals surface area contributed by atoms with Crippen molar-refractivity contribution in [2.75, 3.05) is 39.3 Å². The van der Waals surface area contributed by atoms with Gasteiger partial charge < -0.3 is 0 Å². The Hall–Kier alpha value is -2.11. The quantitative estimate of drug-likeness (QED) is 0.251. The summed E-state index contributed by atoms with van der Waals surface area (Å²) in [5.41, 5.74) is 4.37. The van der Waals surface area contributed by atoms with Crippen LogP contribution >= 0.6 is 0 Å². The molecule has 0 unspecified atom stereocenters. The minimum absolute atomic E-state index is 0.114. The molecule has 0 spiro atoms. The smallest absolute Gasteiger partial charge is 0.166 e. The zero-order valence-electron chi connectivity index (χ0n) is 24.4. The molecule has 0 atom stereocenters. The number of nitrogens with zero attached hydrogens (tertiary/aromatic N) is 3. The monoisotopic (exact) mass is 554 g/mol. The zero-order valence-corrected chi connectivity index (χ0v) is 25.2. The molecule has 0 bridgehead atoms. The number of likely N-dealkylation sites (tertiary alicyclic amines) is 3. The predicted octanol–water partition coefficient (Wildman–Crippen LogP) is 7.74. The summed E-state index contributed by atoms with van der Waals surface area (Å²) in [5.74, 6) is 0. The van der Waals surface area contributed by atoms with Crippen LogP contribution in [0.3, 0.4) is 0 Å². The summed E-state index contributed by atoms with van der Waals surface area (Å²) in [7, 11) is -0.114. The molecule has 0 saturated carbocycles. The fourth-order valence-electron chi connectivity index (χ4n) is 6.81. The molecular weight excluding hydrogens is 506 g/mol. The van der Waals surface area contributed by atoms with E-state index in [-0.39, 0.29) is 10.9 Å². The third-order valence-electron chi connectivity index (χ3n) is 8.99. The Morgan fingerprint density at radius 1 is 0.400 bits per heavy atom. The molecule has 0 radical (unpaired) electrons. The molecule has 40 heavy (non-hydrogen) atoms. The van der Waals surface area contributed by atoms with Crippen LogP contribution in [-0.4, -0.2) is 54.0 Å². The minimum atomic E-state index is -0.114. The average Bonchev–Trinajstić information content (AvgIpc) is 3.00. The molecule has 3 aliphatic heterocycles. The van der Waals surface area contributed by atoms with Gasteiger partial charge in [0.2, 0.25) is 0 Å². The molecule has 3 heterocycles. The van der Waals surface area contributed by atoms with Crippen molar-refractivity contribution in [1.29, 1.82) is 0 Å². The molecule has 212 valence electrons. The second-order valence-corrected chi connectivity index (χ2v) is 14.3. The molecule has 3 aromatic carbocycles. The van der Waals surface area contributed by atoms with E-state index in [1.807, 2.05) is 0 Å². The molecular formula is C36H48N3S+. The molecule has 3 nitrogen and oxygen atoms in total. The fourth-order valence-corrected chi connectivity index (χ4v) is 9.00. The van der Waals surface area contributed by atoms with Crippen molar-refractivity contribution in [3.8, 4) is 0 Å². The van der Waals surface area contributed by atoms with Crippen molar-refractivity contribution in [2.24, 2.45) is 0 Å². The van der Waals surface area contributed by atoms with Crippen molar-refractivity contribution >= 4 is 10.9 Å². The summed E-state index contributed by atoms with van der Waals surface area (Å²) in [6.07, 6.45) is 12.3. The second-order valence-electron chi connectivity index (χ2n) is 12.3. The van der Waals surface area contributed by atoms with Gasteiger partial charge in [0.05, 0.1) is 10.9 Å². The first kappa shape index (κ1) is 28.0. The highest BCUT2D eigenvalue weighted by Gasteiger charge is 2.30. The van der Waals surface area contributed by atoms with Crippen LogP contribution in [0.4, 0.5) is 0 Å². The number of hydrogen-bond acceptors (Lipinski definition) is 3. The first-order chi connectivity index (χ1) is 19.8. The van der Waals surface area contributed by atoms with Gasteiger partial charge in [-0.25, -0.2) is 0 Å². The van der Waals surface area contributed by atoms with Crippen LogP contribution in [0, 0.1) is 0 Å². The van der Waals surface area contributed by atoms with Crippen molar-refractivity contribution in [1.82, 2.24) is 14.7 Å². The third-order valence-corrected chi connectivity index (χ3v) is 11.2. The van der Waals surface area contributed by atoms with E-state index in [0.717, 1.165) is 19.6 Å². The van der Waals surface area contributed by atoms with Crippen molar-refractivity contribution < 1.29 is 0 Å². The molecule has 0 amide bonds. The van der Waals surface area contributed by atoms with E-state index in [0.29, 0.717) is 0 Å². The lowest BCUT2D eigenvalue weighted by Gasteiger charge is -2.26. The van der Waals surface area contributed by atoms with Crippen LogP contribution < -0.4 is 0 Å². The van der Waals surface area contributed by atoms with E-state index in [2.05, 4.69) is 87.5 Å². The Morgan fingerprint density at radius 2 is 0.800 bits per heavy atom. The van der Waals surface area contributed by atoms with E-state index in [9.17, 15) is 0 Å². The Morgan fingerprint density at radius 3 is 1.23 bits per heavy atom. The van der Waals surface area contributed by atoms with Gasteiger partial charge in [-0.15, -0.1) is 0 Å². The van der Waals surface area contributed by atoms with E-state index in [1.165, 1.54) is 128 Å². The van der Waals surface area contributed by atoms with Crippen LogP contribution in [0.25, 0.3) is 0 Å². The molecule has 4 heteroatoms. The van der Waals surface area contributed by atoms with Gasteiger partial charge in [-0.2, -0.15) is 0 Å². The molecule has 6 rings (SSSR count). The van der Waals surface area contributed by atoms with Crippen LogP contribution in [-0.2, 0) is 30.5 Å². The highest BCUT2D eigenvalue weighted by molar-refractivity contribution is 7.97. The average molecular weight is 555 g/mol. The largest absolute Gasteiger partial charge is 0.299 e. The lowest BCUT2D eigenvalue weighted by atomic mass is 10.1. The van der Waals surface area contributed by atoms with E-state index in [4.69, 9.17) is 0 Å². The fraction of sp³-hybridized carbons (Fsp3) is 0.500. The maximum atomic E-state index is 2.65. The lowest BCUT2D eigenvalue weighted by Crippen LogP contribution is -2.29. The summed E-state index contributed by atoms with van der Waals surface area (Å²) in [6, 6.07) is 28.7. The zero-order chi connectivity index (χ0) is 27.0. The summed E-state index contributed by atoms with van der Waals surface area (Å²) < 4.78 is 0. The van der Waals surface area contributed by atoms with Gasteiger partial charge in [0, 0.05) is 19.6 Å². The normalized spacial score (nSPS) is 19.7. The summed E-state index contributed by atoms with van der Waals surface area (Å²) in [5, 5.41) is 0. The lowest BCUT2D eigenvalue weighted by molar-refractivity contribution is 0.221. The van der Waals surface area contributed by atoms with Crippen LogP contribution in [0.2, 0.25) is 0 Å². The molecule has 3 saturated heterocycles. The van der Waals surface area contributed by atoms with Crippen LogP contribution in [0.5, 0.6) is 0 Å². The van der Waals surface area contributed by atoms with Gasteiger partial charge >= 0.3 is 0 Å². The summed E-state index contributed by atoms with van der Waals surface area (Å²) in [4.78, 5) is 12.3. The number of benzene rings is 3. The van der Waals surface area contributed by atoms with E-state index in [1.54, 1.807) is 0 Å². The Balaban J connectivity index is 1.28. The first-order valence-electron chi connectivity index (χ1n) is 16.0. The topological polar surface area (TPSA) is 9.72 Å². The van der Waals surface area contributed by atoms with Crippen molar-refractivity contribution in [3.63, 3.8) is 0 Å². The standard InChI is InChI=1S/C36H48N3S/c1-4-20-37(21-5-1)28-31-16-18-34(19-17-31)40(35-14-10-12-32(26-35)29-38-22-6-2-7-23-38)36-15-11-13-33(27-36)30-39-24-8-3-9-25-39/h10-19,26-27H,1-9,20-25,28-30H2/q+1. The van der Waals surface area contributed by atoms with Gasteiger partial charge in [-0.1, -0.05) is 55.7 Å². The van der Waals surface area contributed by atoms with Gasteiger partial charge in [0.25, 0.3) is 0 Å². The molecule has 3 aromatic rings. The Labute approximate surface area is 245 Å². The van der Waals surface area contributed by atoms with E-state index >= 15 is 0 Å². The van der Waals surface area contributed by atoms with Crippen LogP contribution in [0.1, 0.15) is 74.5 Å². The Bertz CT molecular complexity index is 1130. The van der Waals surface area contributed by atoms with Gasteiger partial charge in [-0.05, 0) is 131 Å². The molecule has 0 aliphatic carbocycles. The highest BCUT2D eigenvalue weighted by atomic mass is 32.2. The van der Waals surface area contributed by atoms with Crippen molar-refractivity contribution in [2.45, 2.75) is 92.1 Å². The third kappa shape index (κ3) is 7.59. The van der Waals surface area contributed by atoms with Gasteiger partial charge in [0.1, 0.15) is 0 Å². The highest BCUT2D eigenvalue weighted by Crippen LogP contribution is 2.33. The molecule has 3 aliphatic rings. The maximum Gasteiger partial charge on any atom is 0.166 e. The number of piperidine rings is 3. The van der Waals surface area contributed by atoms with E-state index < -0.39 is 0 Å². The van der Waals surface area contributed by atoms with Crippen molar-refractivity contribution in [3.05, 3.63) is 89.5 Å². The number of rotatable bonds is 9. The summed E-state index contributed by atoms with van der Waals surface area (Å²) >= 11 is 0. The van der Waals surface area contributed by atoms with Gasteiger partial charge in [0.15, 0.2) is 14.7 Å². The predicted molar refractivity (Wildman–Crippen MR) is 169 cm³/mol. The minimum Gasteiger partial charge on any atom is -0.299 e. The molecule has 3 fully saturated rings.